The molecular formula is C48H89N. The Labute approximate surface area is 310 Å². The van der Waals surface area contributed by atoms with Crippen LogP contribution in [-0.4, -0.2) is 24.5 Å². The first-order valence-electron chi connectivity index (χ1n) is 22.6. The molecule has 0 bridgehead atoms. The van der Waals surface area contributed by atoms with Gasteiger partial charge in [-0.2, -0.15) is 0 Å². The van der Waals surface area contributed by atoms with Crippen molar-refractivity contribution >= 4 is 0 Å². The summed E-state index contributed by atoms with van der Waals surface area (Å²) < 4.78 is 0. The van der Waals surface area contributed by atoms with Gasteiger partial charge >= 0.3 is 0 Å². The molecule has 0 heterocycles. The van der Waals surface area contributed by atoms with Gasteiger partial charge in [0.2, 0.25) is 0 Å². The molecule has 0 aliphatic heterocycles. The average Bonchev–Trinajstić information content (AvgIpc) is 3.12. The van der Waals surface area contributed by atoms with Crippen molar-refractivity contribution in [2.45, 2.75) is 238 Å². The van der Waals surface area contributed by atoms with Gasteiger partial charge in [0, 0.05) is 6.04 Å². The highest BCUT2D eigenvalue weighted by Gasteiger charge is 2.16. The fourth-order valence-electron chi connectivity index (χ4n) is 7.77. The predicted molar refractivity (Wildman–Crippen MR) is 225 cm³/mol. The van der Waals surface area contributed by atoms with Crippen molar-refractivity contribution in [3.63, 3.8) is 0 Å². The molecule has 0 aromatic carbocycles. The molecule has 0 atom stereocenters. The van der Waals surface area contributed by atoms with Gasteiger partial charge in [-0.25, -0.2) is 0 Å². The fourth-order valence-corrected chi connectivity index (χ4v) is 7.77. The molecule has 0 saturated heterocycles. The summed E-state index contributed by atoms with van der Waals surface area (Å²) in [6.07, 6.45) is 66.2. The van der Waals surface area contributed by atoms with Crippen LogP contribution in [0.3, 0.4) is 0 Å². The molecule has 0 aromatic heterocycles. The molecular weight excluding hydrogens is 591 g/mol. The zero-order chi connectivity index (χ0) is 35.1. The normalized spacial score (nSPS) is 14.8. The number of unbranched alkanes of at least 4 members (excludes halogenated alkanes) is 19. The van der Waals surface area contributed by atoms with Crippen LogP contribution in [0, 0.1) is 5.92 Å². The zero-order valence-corrected chi connectivity index (χ0v) is 34.0. The molecule has 0 spiro atoms. The van der Waals surface area contributed by atoms with E-state index >= 15 is 0 Å². The van der Waals surface area contributed by atoms with Crippen LogP contribution >= 0.6 is 0 Å². The third kappa shape index (κ3) is 32.6. The summed E-state index contributed by atoms with van der Waals surface area (Å²) in [4.78, 5) is 2.78. The summed E-state index contributed by atoms with van der Waals surface area (Å²) in [6.45, 7) is 5.88. The lowest BCUT2D eigenvalue weighted by Gasteiger charge is -2.29. The second-order valence-corrected chi connectivity index (χ2v) is 15.9. The number of hydrogen-bond acceptors (Lipinski definition) is 1. The van der Waals surface area contributed by atoms with Crippen LogP contribution in [0.15, 0.2) is 48.6 Å². The molecule has 0 radical (unpaired) electrons. The summed E-state index contributed by atoms with van der Waals surface area (Å²) in [5, 5.41) is 0. The van der Waals surface area contributed by atoms with Crippen LogP contribution in [0.2, 0.25) is 0 Å². The molecule has 1 aliphatic rings. The van der Waals surface area contributed by atoms with E-state index < -0.39 is 0 Å². The van der Waals surface area contributed by atoms with Gasteiger partial charge in [0.25, 0.3) is 0 Å². The SMILES string of the molecule is CCCCC/C=C\C/C=C\CCCCCCCCC(CCCCCCCC/C=C\C/C=C\CCCCC)N(C)CCCCC1CCCCC1. The quantitative estimate of drug-likeness (QED) is 0.0470. The Morgan fingerprint density at radius 3 is 1.31 bits per heavy atom. The van der Waals surface area contributed by atoms with Crippen molar-refractivity contribution in [1.82, 2.24) is 4.90 Å². The molecule has 1 heteroatoms. The van der Waals surface area contributed by atoms with Crippen LogP contribution in [0.25, 0.3) is 0 Å². The molecule has 1 nitrogen and oxygen atoms in total. The summed E-state index contributed by atoms with van der Waals surface area (Å²) in [5.74, 6) is 1.05. The molecule has 1 fully saturated rings. The van der Waals surface area contributed by atoms with E-state index in [0.717, 1.165) is 24.8 Å². The van der Waals surface area contributed by atoms with Gasteiger partial charge in [-0.05, 0) is 103 Å². The van der Waals surface area contributed by atoms with E-state index in [2.05, 4.69) is 74.4 Å². The van der Waals surface area contributed by atoms with Gasteiger partial charge < -0.3 is 4.90 Å². The van der Waals surface area contributed by atoms with Crippen LogP contribution in [0.4, 0.5) is 0 Å². The fraction of sp³-hybridized carbons (Fsp3) is 0.833. The minimum atomic E-state index is 0.811. The maximum atomic E-state index is 2.78. The molecule has 1 rings (SSSR count). The summed E-state index contributed by atoms with van der Waals surface area (Å²) in [6, 6.07) is 0.811. The van der Waals surface area contributed by atoms with Crippen molar-refractivity contribution in [3.8, 4) is 0 Å². The smallest absolute Gasteiger partial charge is 0.00922 e. The van der Waals surface area contributed by atoms with Gasteiger partial charge in [-0.1, -0.05) is 197 Å². The monoisotopic (exact) mass is 680 g/mol. The van der Waals surface area contributed by atoms with Crippen LogP contribution in [0.5, 0.6) is 0 Å². The maximum absolute atomic E-state index is 2.78. The van der Waals surface area contributed by atoms with E-state index in [1.165, 1.54) is 212 Å². The largest absolute Gasteiger partial charge is 0.303 e. The van der Waals surface area contributed by atoms with Crippen molar-refractivity contribution < 1.29 is 0 Å². The highest BCUT2D eigenvalue weighted by molar-refractivity contribution is 4.93. The first-order valence-corrected chi connectivity index (χ1v) is 22.6. The minimum absolute atomic E-state index is 0.811. The van der Waals surface area contributed by atoms with Crippen molar-refractivity contribution in [2.75, 3.05) is 13.6 Å². The van der Waals surface area contributed by atoms with Gasteiger partial charge in [0.15, 0.2) is 0 Å². The van der Waals surface area contributed by atoms with Gasteiger partial charge in [-0.15, -0.1) is 0 Å². The molecule has 0 amide bonds. The first-order chi connectivity index (χ1) is 24.3. The Hall–Kier alpha value is -1.08. The summed E-state index contributed by atoms with van der Waals surface area (Å²) in [7, 11) is 2.46. The van der Waals surface area contributed by atoms with E-state index in [9.17, 15) is 0 Å². The average molecular weight is 680 g/mol. The van der Waals surface area contributed by atoms with E-state index in [-0.39, 0.29) is 0 Å². The molecule has 1 aliphatic carbocycles. The van der Waals surface area contributed by atoms with Gasteiger partial charge in [0.05, 0.1) is 0 Å². The lowest BCUT2D eigenvalue weighted by atomic mass is 9.86. The Bertz CT molecular complexity index is 705. The Morgan fingerprint density at radius 1 is 0.449 bits per heavy atom. The van der Waals surface area contributed by atoms with Gasteiger partial charge in [0.1, 0.15) is 0 Å². The van der Waals surface area contributed by atoms with Gasteiger partial charge in [-0.3, -0.25) is 0 Å². The van der Waals surface area contributed by atoms with E-state index in [1.807, 2.05) is 0 Å². The maximum Gasteiger partial charge on any atom is 0.00922 e. The van der Waals surface area contributed by atoms with Crippen LogP contribution in [-0.2, 0) is 0 Å². The van der Waals surface area contributed by atoms with E-state index in [0.29, 0.717) is 0 Å². The molecule has 1 saturated carbocycles. The van der Waals surface area contributed by atoms with E-state index in [4.69, 9.17) is 0 Å². The van der Waals surface area contributed by atoms with Crippen LogP contribution < -0.4 is 0 Å². The standard InChI is InChI=1S/C48H89N/c1-4-6-8-10-12-14-16-18-20-22-24-26-28-30-32-37-44-48(49(3)46-40-39-43-47-41-35-34-36-42-47)45-38-33-31-29-27-25-23-21-19-17-15-13-11-9-7-5-2/h12-15,18-21,47-48H,4-11,16-17,22-46H2,1-3H3/b14-12-,15-13-,20-18-,21-19-. The second-order valence-electron chi connectivity index (χ2n) is 15.9. The number of allylic oxidation sites excluding steroid dienone is 8. The number of hydrogen-bond donors (Lipinski definition) is 0. The molecule has 0 unspecified atom stereocenters. The summed E-state index contributed by atoms with van der Waals surface area (Å²) in [5.41, 5.74) is 0. The molecule has 286 valence electrons. The van der Waals surface area contributed by atoms with E-state index in [1.54, 1.807) is 0 Å². The topological polar surface area (TPSA) is 3.24 Å². The lowest BCUT2D eigenvalue weighted by molar-refractivity contribution is 0.202. The highest BCUT2D eigenvalue weighted by atomic mass is 15.1. The zero-order valence-electron chi connectivity index (χ0n) is 34.0. The third-order valence-electron chi connectivity index (χ3n) is 11.2. The predicted octanol–water partition coefficient (Wildman–Crippen LogP) is 16.4. The molecule has 49 heavy (non-hydrogen) atoms. The number of nitrogens with zero attached hydrogens (tertiary/aromatic N) is 1. The Balaban J connectivity index is 2.18. The number of rotatable bonds is 36. The third-order valence-corrected chi connectivity index (χ3v) is 11.2. The Morgan fingerprint density at radius 2 is 0.857 bits per heavy atom. The second kappa shape index (κ2) is 38.2. The first kappa shape index (κ1) is 45.9. The van der Waals surface area contributed by atoms with Crippen molar-refractivity contribution in [3.05, 3.63) is 48.6 Å². The molecule has 0 aromatic rings. The minimum Gasteiger partial charge on any atom is -0.303 e. The summed E-state index contributed by atoms with van der Waals surface area (Å²) >= 11 is 0. The van der Waals surface area contributed by atoms with Crippen molar-refractivity contribution in [2.24, 2.45) is 5.92 Å². The van der Waals surface area contributed by atoms with Crippen molar-refractivity contribution in [1.29, 1.82) is 0 Å². The highest BCUT2D eigenvalue weighted by Crippen LogP contribution is 2.28. The van der Waals surface area contributed by atoms with Crippen LogP contribution in [0.1, 0.15) is 232 Å². The molecule has 0 N–H and O–H groups in total. The lowest BCUT2D eigenvalue weighted by Crippen LogP contribution is -2.32. The Kier molecular flexibility index (Phi) is 35.8.